The molecule has 1 aromatic heterocycles. The Labute approximate surface area is 124 Å². The standard InChI is InChI=1S/C18H17N3/c19-18-16(15-9-5-2-6-10-15)11-12-17(21-18)20-13-14-7-3-1-4-8-14/h1-12H,13H2,(H3,19,20,21). The molecule has 0 aliphatic heterocycles. The molecule has 2 aromatic carbocycles. The van der Waals surface area contributed by atoms with Crippen molar-refractivity contribution >= 4 is 11.6 Å². The Bertz CT molecular complexity index is 709. The third kappa shape index (κ3) is 3.20. The highest BCUT2D eigenvalue weighted by Crippen LogP contribution is 2.25. The van der Waals surface area contributed by atoms with Crippen molar-refractivity contribution in [3.63, 3.8) is 0 Å². The van der Waals surface area contributed by atoms with Gasteiger partial charge in [-0.2, -0.15) is 0 Å². The predicted molar refractivity (Wildman–Crippen MR) is 87.9 cm³/mol. The Kier molecular flexibility index (Phi) is 3.83. The second-order valence-electron chi connectivity index (χ2n) is 4.83. The zero-order valence-corrected chi connectivity index (χ0v) is 11.7. The summed E-state index contributed by atoms with van der Waals surface area (Å²) in [5.41, 5.74) is 9.32. The van der Waals surface area contributed by atoms with Gasteiger partial charge in [0.25, 0.3) is 0 Å². The Morgan fingerprint density at radius 3 is 2.14 bits per heavy atom. The molecule has 0 unspecified atom stereocenters. The molecule has 3 N–H and O–H groups in total. The molecule has 0 spiro atoms. The van der Waals surface area contributed by atoms with E-state index in [0.29, 0.717) is 5.82 Å². The van der Waals surface area contributed by atoms with E-state index in [9.17, 15) is 0 Å². The van der Waals surface area contributed by atoms with Crippen LogP contribution in [0.2, 0.25) is 0 Å². The van der Waals surface area contributed by atoms with Crippen molar-refractivity contribution in [1.29, 1.82) is 0 Å². The van der Waals surface area contributed by atoms with Gasteiger partial charge in [0, 0.05) is 12.1 Å². The van der Waals surface area contributed by atoms with Crippen molar-refractivity contribution < 1.29 is 0 Å². The molecule has 3 nitrogen and oxygen atoms in total. The van der Waals surface area contributed by atoms with E-state index in [1.54, 1.807) is 0 Å². The number of hydrogen-bond donors (Lipinski definition) is 2. The quantitative estimate of drug-likeness (QED) is 0.758. The summed E-state index contributed by atoms with van der Waals surface area (Å²) in [4.78, 5) is 4.43. The highest BCUT2D eigenvalue weighted by molar-refractivity contribution is 5.75. The first-order valence-electron chi connectivity index (χ1n) is 6.93. The largest absolute Gasteiger partial charge is 0.383 e. The molecule has 0 atom stereocenters. The third-order valence-electron chi connectivity index (χ3n) is 3.33. The molecule has 0 radical (unpaired) electrons. The van der Waals surface area contributed by atoms with E-state index in [0.717, 1.165) is 23.5 Å². The van der Waals surface area contributed by atoms with Gasteiger partial charge in [0.05, 0.1) is 0 Å². The minimum absolute atomic E-state index is 0.541. The van der Waals surface area contributed by atoms with Gasteiger partial charge >= 0.3 is 0 Å². The predicted octanol–water partition coefficient (Wildman–Crippen LogP) is 3.94. The summed E-state index contributed by atoms with van der Waals surface area (Å²) in [6.45, 7) is 0.734. The average Bonchev–Trinajstić information content (AvgIpc) is 2.55. The molecule has 0 fully saturated rings. The number of nitrogens with one attached hydrogen (secondary N) is 1. The van der Waals surface area contributed by atoms with E-state index in [1.807, 2.05) is 60.7 Å². The second kappa shape index (κ2) is 6.09. The van der Waals surface area contributed by atoms with Crippen LogP contribution in [0.5, 0.6) is 0 Å². The van der Waals surface area contributed by atoms with Gasteiger partial charge in [-0.1, -0.05) is 60.7 Å². The molecule has 0 saturated heterocycles. The number of hydrogen-bond acceptors (Lipinski definition) is 3. The van der Waals surface area contributed by atoms with Crippen LogP contribution in [0.4, 0.5) is 11.6 Å². The maximum atomic E-state index is 6.07. The summed E-state index contributed by atoms with van der Waals surface area (Å²) in [5.74, 6) is 1.33. The molecule has 0 amide bonds. The van der Waals surface area contributed by atoms with Gasteiger partial charge in [-0.25, -0.2) is 4.98 Å². The molecular weight excluding hydrogens is 258 g/mol. The van der Waals surface area contributed by atoms with Crippen LogP contribution in [-0.4, -0.2) is 4.98 Å². The number of nitrogens with two attached hydrogens (primary N) is 1. The Balaban J connectivity index is 1.76. The van der Waals surface area contributed by atoms with Crippen molar-refractivity contribution in [2.45, 2.75) is 6.54 Å². The van der Waals surface area contributed by atoms with Gasteiger partial charge < -0.3 is 11.1 Å². The minimum atomic E-state index is 0.541. The topological polar surface area (TPSA) is 50.9 Å². The van der Waals surface area contributed by atoms with Crippen LogP contribution < -0.4 is 11.1 Å². The molecule has 104 valence electrons. The highest BCUT2D eigenvalue weighted by Gasteiger charge is 2.04. The van der Waals surface area contributed by atoms with Crippen molar-refractivity contribution in [2.24, 2.45) is 0 Å². The number of rotatable bonds is 4. The lowest BCUT2D eigenvalue weighted by Crippen LogP contribution is -2.03. The van der Waals surface area contributed by atoms with Gasteiger partial charge in [-0.05, 0) is 23.3 Å². The highest BCUT2D eigenvalue weighted by atomic mass is 15.0. The zero-order valence-electron chi connectivity index (χ0n) is 11.7. The average molecular weight is 275 g/mol. The Hall–Kier alpha value is -2.81. The van der Waals surface area contributed by atoms with Gasteiger partial charge in [0.15, 0.2) is 0 Å². The van der Waals surface area contributed by atoms with Gasteiger partial charge in [0.2, 0.25) is 0 Å². The smallest absolute Gasteiger partial charge is 0.133 e. The molecule has 21 heavy (non-hydrogen) atoms. The third-order valence-corrected chi connectivity index (χ3v) is 3.33. The zero-order chi connectivity index (χ0) is 14.5. The van der Waals surface area contributed by atoms with Crippen LogP contribution in [0.15, 0.2) is 72.8 Å². The van der Waals surface area contributed by atoms with E-state index in [-0.39, 0.29) is 0 Å². The van der Waals surface area contributed by atoms with Gasteiger partial charge in [-0.3, -0.25) is 0 Å². The van der Waals surface area contributed by atoms with Gasteiger partial charge in [-0.15, -0.1) is 0 Å². The normalized spacial score (nSPS) is 10.3. The summed E-state index contributed by atoms with van der Waals surface area (Å²) in [6.07, 6.45) is 0. The first-order chi connectivity index (χ1) is 10.3. The van der Waals surface area contributed by atoms with E-state index in [2.05, 4.69) is 22.4 Å². The fourth-order valence-corrected chi connectivity index (χ4v) is 2.22. The number of aromatic nitrogens is 1. The maximum absolute atomic E-state index is 6.07. The van der Waals surface area contributed by atoms with Crippen molar-refractivity contribution in [2.75, 3.05) is 11.1 Å². The summed E-state index contributed by atoms with van der Waals surface area (Å²) < 4.78 is 0. The van der Waals surface area contributed by atoms with Crippen LogP contribution in [-0.2, 0) is 6.54 Å². The monoisotopic (exact) mass is 275 g/mol. The van der Waals surface area contributed by atoms with Crippen LogP contribution in [0.3, 0.4) is 0 Å². The number of nitrogen functional groups attached to an aromatic ring is 1. The van der Waals surface area contributed by atoms with E-state index >= 15 is 0 Å². The molecule has 3 heteroatoms. The molecule has 0 saturated carbocycles. The Morgan fingerprint density at radius 1 is 0.810 bits per heavy atom. The van der Waals surface area contributed by atoms with E-state index in [1.165, 1.54) is 5.56 Å². The van der Waals surface area contributed by atoms with Crippen molar-refractivity contribution in [3.8, 4) is 11.1 Å². The lowest BCUT2D eigenvalue weighted by atomic mass is 10.1. The Morgan fingerprint density at radius 2 is 1.48 bits per heavy atom. The van der Waals surface area contributed by atoms with Crippen LogP contribution in [0.25, 0.3) is 11.1 Å². The van der Waals surface area contributed by atoms with E-state index in [4.69, 9.17) is 5.73 Å². The van der Waals surface area contributed by atoms with Crippen molar-refractivity contribution in [1.82, 2.24) is 4.98 Å². The first kappa shape index (κ1) is 13.2. The fraction of sp³-hybridized carbons (Fsp3) is 0.0556. The summed E-state index contributed by atoms with van der Waals surface area (Å²) in [5, 5.41) is 3.29. The summed E-state index contributed by atoms with van der Waals surface area (Å²) in [6, 6.07) is 24.2. The number of anilines is 2. The molecule has 3 rings (SSSR count). The number of pyridine rings is 1. The second-order valence-corrected chi connectivity index (χ2v) is 4.83. The summed E-state index contributed by atoms with van der Waals surface area (Å²) in [7, 11) is 0. The number of nitrogens with zero attached hydrogens (tertiary/aromatic N) is 1. The first-order valence-corrected chi connectivity index (χ1v) is 6.93. The molecule has 1 heterocycles. The number of benzene rings is 2. The minimum Gasteiger partial charge on any atom is -0.383 e. The maximum Gasteiger partial charge on any atom is 0.133 e. The van der Waals surface area contributed by atoms with Crippen LogP contribution in [0.1, 0.15) is 5.56 Å². The molecule has 0 aliphatic rings. The SMILES string of the molecule is Nc1nc(NCc2ccccc2)ccc1-c1ccccc1. The molecule has 3 aromatic rings. The fourth-order valence-electron chi connectivity index (χ4n) is 2.22. The summed E-state index contributed by atoms with van der Waals surface area (Å²) >= 11 is 0. The molecular formula is C18H17N3. The van der Waals surface area contributed by atoms with E-state index < -0.39 is 0 Å². The van der Waals surface area contributed by atoms with Crippen LogP contribution in [0, 0.1) is 0 Å². The van der Waals surface area contributed by atoms with Crippen LogP contribution >= 0.6 is 0 Å². The molecule has 0 aliphatic carbocycles. The molecule has 0 bridgehead atoms. The lowest BCUT2D eigenvalue weighted by Gasteiger charge is -2.09. The lowest BCUT2D eigenvalue weighted by molar-refractivity contribution is 1.11. The van der Waals surface area contributed by atoms with Crippen molar-refractivity contribution in [3.05, 3.63) is 78.4 Å². The van der Waals surface area contributed by atoms with Gasteiger partial charge in [0.1, 0.15) is 11.6 Å².